The first-order chi connectivity index (χ1) is 21.3. The Bertz CT molecular complexity index is 1720. The molecule has 0 fully saturated rings. The number of ether oxygens (including phenoxy) is 4. The summed E-state index contributed by atoms with van der Waals surface area (Å²) in [6.07, 6.45) is 3.08. The average molecular weight is 595 g/mol. The summed E-state index contributed by atoms with van der Waals surface area (Å²) in [4.78, 5) is 4.66. The van der Waals surface area contributed by atoms with Crippen molar-refractivity contribution in [2.75, 3.05) is 41.4 Å². The summed E-state index contributed by atoms with van der Waals surface area (Å²) in [5.74, 6) is 3.05. The van der Waals surface area contributed by atoms with E-state index < -0.39 is 0 Å². The van der Waals surface area contributed by atoms with Crippen LogP contribution in [0.15, 0.2) is 60.7 Å². The van der Waals surface area contributed by atoms with Gasteiger partial charge in [0.05, 0.1) is 14.2 Å². The standard InChI is InChI=1S/C36H38N2O6/c1-37-13-11-23-18-32-31(41-3)20-26(23)27(37)15-21-5-8-25(9-6-21)43-30-17-22(7-10-29(30)39)16-28-34-24(12-14-38(28)2)19-33(42-4)35(40)36(34)44-32/h5-10,17-20,27-28,39-40H,11-16H2,1-4H3/t27-,28+/m0/s1. The fraction of sp³-hybridized carbons (Fsp3) is 0.333. The first-order valence-corrected chi connectivity index (χ1v) is 15.1. The minimum Gasteiger partial charge on any atom is -0.504 e. The number of benzene rings is 4. The Labute approximate surface area is 258 Å². The lowest BCUT2D eigenvalue weighted by atomic mass is 9.87. The van der Waals surface area contributed by atoms with E-state index in [1.54, 1.807) is 20.3 Å². The number of phenols is 2. The molecule has 4 aromatic rings. The van der Waals surface area contributed by atoms with Crippen molar-refractivity contribution in [3.63, 3.8) is 0 Å². The van der Waals surface area contributed by atoms with Crippen LogP contribution in [0.3, 0.4) is 0 Å². The third kappa shape index (κ3) is 4.98. The van der Waals surface area contributed by atoms with Gasteiger partial charge in [-0.3, -0.25) is 9.80 Å². The summed E-state index contributed by atoms with van der Waals surface area (Å²) < 4.78 is 24.5. The number of phenolic OH excluding ortho intramolecular Hbond substituents is 2. The van der Waals surface area contributed by atoms with Crippen LogP contribution in [-0.4, -0.2) is 61.4 Å². The normalized spacial score (nSPS) is 19.6. The van der Waals surface area contributed by atoms with Crippen molar-refractivity contribution in [3.8, 4) is 46.0 Å². The smallest absolute Gasteiger partial charge is 0.201 e. The van der Waals surface area contributed by atoms with Crippen molar-refractivity contribution < 1.29 is 29.2 Å². The van der Waals surface area contributed by atoms with Gasteiger partial charge in [-0.05, 0) is 110 Å². The molecular formula is C36H38N2O6. The monoisotopic (exact) mass is 594 g/mol. The minimum absolute atomic E-state index is 0.0360. The molecule has 228 valence electrons. The molecule has 0 saturated carbocycles. The van der Waals surface area contributed by atoms with Gasteiger partial charge < -0.3 is 29.2 Å². The largest absolute Gasteiger partial charge is 0.504 e. The number of hydrogen-bond donors (Lipinski definition) is 2. The molecule has 8 bridgehead atoms. The van der Waals surface area contributed by atoms with E-state index in [2.05, 4.69) is 48.2 Å². The Balaban J connectivity index is 1.44. The first kappa shape index (κ1) is 28.4. The number of methoxy groups -OCH3 is 2. The van der Waals surface area contributed by atoms with Gasteiger partial charge in [0.25, 0.3) is 0 Å². The lowest BCUT2D eigenvalue weighted by Gasteiger charge is -2.37. The highest BCUT2D eigenvalue weighted by Gasteiger charge is 2.34. The zero-order valence-electron chi connectivity index (χ0n) is 25.6. The molecule has 0 aliphatic carbocycles. The lowest BCUT2D eigenvalue weighted by Crippen LogP contribution is -2.34. The van der Waals surface area contributed by atoms with Crippen molar-refractivity contribution in [2.24, 2.45) is 0 Å². The van der Waals surface area contributed by atoms with Crippen LogP contribution >= 0.6 is 0 Å². The fourth-order valence-corrected chi connectivity index (χ4v) is 6.94. The maximum Gasteiger partial charge on any atom is 0.201 e. The molecule has 6 heterocycles. The highest BCUT2D eigenvalue weighted by molar-refractivity contribution is 5.63. The Hall–Kier alpha value is -4.40. The third-order valence-electron chi connectivity index (χ3n) is 9.46. The molecule has 8 heteroatoms. The van der Waals surface area contributed by atoms with Crippen LogP contribution in [0.1, 0.15) is 45.5 Å². The Morgan fingerprint density at radius 2 is 1.39 bits per heavy atom. The topological polar surface area (TPSA) is 83.9 Å². The number of hydrogen-bond acceptors (Lipinski definition) is 8. The molecule has 44 heavy (non-hydrogen) atoms. The number of likely N-dealkylation sites (N-methyl/N-ethyl adjacent to an activating group) is 2. The van der Waals surface area contributed by atoms with Gasteiger partial charge in [0, 0.05) is 30.7 Å². The van der Waals surface area contributed by atoms with Gasteiger partial charge in [0.2, 0.25) is 5.75 Å². The van der Waals surface area contributed by atoms with E-state index in [0.717, 1.165) is 49.0 Å². The SMILES string of the molecule is COc1cc2c3cc1Oc1c(O)c(OC)cc4c1[C@@H](Cc1ccc(O)c(c1)Oc1ccc(cc1)C[C@@H]2N(C)CC3)N(C)CC4. The number of rotatable bonds is 2. The van der Waals surface area contributed by atoms with Crippen molar-refractivity contribution in [2.45, 2.75) is 37.8 Å². The lowest BCUT2D eigenvalue weighted by molar-refractivity contribution is 0.221. The van der Waals surface area contributed by atoms with Gasteiger partial charge in [-0.15, -0.1) is 0 Å². The molecule has 0 radical (unpaired) electrons. The van der Waals surface area contributed by atoms with Crippen molar-refractivity contribution in [1.29, 1.82) is 0 Å². The molecule has 2 atom stereocenters. The van der Waals surface area contributed by atoms with Crippen LogP contribution in [0.25, 0.3) is 0 Å². The Kier molecular flexibility index (Phi) is 7.26. The van der Waals surface area contributed by atoms with Crippen LogP contribution in [0.4, 0.5) is 0 Å². The van der Waals surface area contributed by atoms with Crippen LogP contribution < -0.4 is 18.9 Å². The maximum atomic E-state index is 11.6. The van der Waals surface area contributed by atoms with Crippen molar-refractivity contribution in [1.82, 2.24) is 9.80 Å². The predicted molar refractivity (Wildman–Crippen MR) is 168 cm³/mol. The van der Waals surface area contributed by atoms with E-state index in [4.69, 9.17) is 18.9 Å². The van der Waals surface area contributed by atoms with Crippen LogP contribution in [-0.2, 0) is 25.7 Å². The van der Waals surface area contributed by atoms with Gasteiger partial charge in [-0.2, -0.15) is 0 Å². The molecule has 6 aliphatic rings. The second kappa shape index (κ2) is 11.3. The predicted octanol–water partition coefficient (Wildman–Crippen LogP) is 6.56. The Morgan fingerprint density at radius 1 is 0.705 bits per heavy atom. The summed E-state index contributed by atoms with van der Waals surface area (Å²) in [6, 6.07) is 19.7. The zero-order valence-corrected chi connectivity index (χ0v) is 25.6. The summed E-state index contributed by atoms with van der Waals surface area (Å²) >= 11 is 0. The van der Waals surface area contributed by atoms with E-state index in [9.17, 15) is 10.2 Å². The van der Waals surface area contributed by atoms with E-state index in [1.807, 2.05) is 30.3 Å². The molecule has 0 aromatic heterocycles. The first-order valence-electron chi connectivity index (χ1n) is 15.1. The molecule has 0 unspecified atom stereocenters. The number of aromatic hydroxyl groups is 2. The summed E-state index contributed by atoms with van der Waals surface area (Å²) in [5, 5.41) is 22.3. The van der Waals surface area contributed by atoms with E-state index >= 15 is 0 Å². The van der Waals surface area contributed by atoms with Gasteiger partial charge in [-0.25, -0.2) is 0 Å². The van der Waals surface area contributed by atoms with Crippen LogP contribution in [0.5, 0.6) is 46.0 Å². The van der Waals surface area contributed by atoms with Crippen LogP contribution in [0, 0.1) is 0 Å². The van der Waals surface area contributed by atoms with Crippen molar-refractivity contribution >= 4 is 0 Å². The zero-order chi connectivity index (χ0) is 30.5. The van der Waals surface area contributed by atoms with Crippen molar-refractivity contribution in [3.05, 3.63) is 94.0 Å². The highest BCUT2D eigenvalue weighted by Crippen LogP contribution is 2.51. The van der Waals surface area contributed by atoms with E-state index in [1.165, 1.54) is 16.7 Å². The highest BCUT2D eigenvalue weighted by atomic mass is 16.5. The molecule has 0 amide bonds. The Morgan fingerprint density at radius 3 is 2.14 bits per heavy atom. The van der Waals surface area contributed by atoms with Gasteiger partial charge in [0.15, 0.2) is 34.5 Å². The average Bonchev–Trinajstić information content (AvgIpc) is 3.03. The fourth-order valence-electron chi connectivity index (χ4n) is 6.94. The summed E-state index contributed by atoms with van der Waals surface area (Å²) in [7, 11) is 7.46. The second-order valence-corrected chi connectivity index (χ2v) is 12.1. The molecule has 10 rings (SSSR count). The molecule has 6 aliphatic heterocycles. The van der Waals surface area contributed by atoms with E-state index in [0.29, 0.717) is 40.9 Å². The molecular weight excluding hydrogens is 556 g/mol. The molecule has 4 aromatic carbocycles. The van der Waals surface area contributed by atoms with Crippen LogP contribution in [0.2, 0.25) is 0 Å². The van der Waals surface area contributed by atoms with Gasteiger partial charge >= 0.3 is 0 Å². The summed E-state index contributed by atoms with van der Waals surface area (Å²) in [5.41, 5.74) is 6.56. The van der Waals surface area contributed by atoms with E-state index in [-0.39, 0.29) is 23.6 Å². The maximum absolute atomic E-state index is 11.6. The quantitative estimate of drug-likeness (QED) is 0.270. The minimum atomic E-state index is -0.119. The van der Waals surface area contributed by atoms with Gasteiger partial charge in [-0.1, -0.05) is 18.2 Å². The molecule has 0 spiro atoms. The third-order valence-corrected chi connectivity index (χ3v) is 9.46. The number of nitrogens with zero attached hydrogens (tertiary/aromatic N) is 2. The van der Waals surface area contributed by atoms with Gasteiger partial charge in [0.1, 0.15) is 5.75 Å². The molecule has 8 nitrogen and oxygen atoms in total. The second-order valence-electron chi connectivity index (χ2n) is 12.1. The molecule has 2 N–H and O–H groups in total. The molecule has 0 saturated heterocycles. The summed E-state index contributed by atoms with van der Waals surface area (Å²) in [6.45, 7) is 1.74.